The molecule has 0 aliphatic carbocycles. The normalized spacial score (nSPS) is 25.9. The Morgan fingerprint density at radius 3 is 2.14 bits per heavy atom. The lowest BCUT2D eigenvalue weighted by molar-refractivity contribution is 0.0629. The number of para-hydroxylation sites is 4. The Kier molecular flexibility index (Phi) is 6.58. The predicted octanol–water partition coefficient (Wildman–Crippen LogP) is 9.53. The molecule has 0 amide bonds. The van der Waals surface area contributed by atoms with Crippen molar-refractivity contribution >= 4 is 40.1 Å². The highest BCUT2D eigenvalue weighted by atomic mass is 15.5. The fourth-order valence-electron chi connectivity index (χ4n) is 10.2. The van der Waals surface area contributed by atoms with Crippen molar-refractivity contribution in [2.45, 2.75) is 70.1 Å². The monoisotopic (exact) mass is 643 g/mol. The van der Waals surface area contributed by atoms with Crippen LogP contribution in [0.1, 0.15) is 69.1 Å². The third kappa shape index (κ3) is 3.89. The molecule has 5 aromatic rings. The molecule has 49 heavy (non-hydrogen) atoms. The molecular weight excluding hydrogens is 603 g/mol. The second-order valence-corrected chi connectivity index (χ2v) is 14.3. The van der Waals surface area contributed by atoms with Crippen LogP contribution < -0.4 is 19.6 Å². The Balaban J connectivity index is 1.24. The van der Waals surface area contributed by atoms with Crippen molar-refractivity contribution in [2.75, 3.05) is 26.6 Å². The molecule has 7 nitrogen and oxygen atoms in total. The van der Waals surface area contributed by atoms with E-state index in [9.17, 15) is 5.26 Å². The molecule has 5 unspecified atom stereocenters. The van der Waals surface area contributed by atoms with Gasteiger partial charge in [0.1, 0.15) is 12.3 Å². The van der Waals surface area contributed by atoms with Crippen LogP contribution in [0.15, 0.2) is 109 Å². The summed E-state index contributed by atoms with van der Waals surface area (Å²) in [6.07, 6.45) is 7.63. The van der Waals surface area contributed by atoms with Crippen molar-refractivity contribution in [2.24, 2.45) is 5.41 Å². The van der Waals surface area contributed by atoms with Crippen molar-refractivity contribution in [3.63, 3.8) is 0 Å². The van der Waals surface area contributed by atoms with Gasteiger partial charge in [0, 0.05) is 47.3 Å². The highest BCUT2D eigenvalue weighted by Crippen LogP contribution is 2.66. The van der Waals surface area contributed by atoms with Crippen molar-refractivity contribution in [3.05, 3.63) is 126 Å². The quantitative estimate of drug-likeness (QED) is 0.189. The van der Waals surface area contributed by atoms with E-state index in [2.05, 4.69) is 144 Å². The van der Waals surface area contributed by atoms with Gasteiger partial charge in [-0.25, -0.2) is 9.97 Å². The lowest BCUT2D eigenvalue weighted by Crippen LogP contribution is -2.63. The van der Waals surface area contributed by atoms with E-state index in [-0.39, 0.29) is 29.1 Å². The average Bonchev–Trinajstić information content (AvgIpc) is 3.65. The van der Waals surface area contributed by atoms with Crippen LogP contribution in [0.5, 0.6) is 0 Å². The number of anilines is 7. The van der Waals surface area contributed by atoms with Crippen molar-refractivity contribution in [1.82, 2.24) is 9.97 Å². The first-order valence-electron chi connectivity index (χ1n) is 17.6. The summed E-state index contributed by atoms with van der Waals surface area (Å²) >= 11 is 0. The molecule has 4 aliphatic rings. The third-order valence-electron chi connectivity index (χ3n) is 12.5. The van der Waals surface area contributed by atoms with Gasteiger partial charge in [0.2, 0.25) is 0 Å². The number of benzene rings is 4. The lowest BCUT2D eigenvalue weighted by atomic mass is 9.50. The minimum atomic E-state index is -0.221. The van der Waals surface area contributed by atoms with E-state index >= 15 is 0 Å². The maximum absolute atomic E-state index is 10.2. The van der Waals surface area contributed by atoms with Crippen LogP contribution >= 0.6 is 0 Å². The Morgan fingerprint density at radius 2 is 1.43 bits per heavy atom. The van der Waals surface area contributed by atoms with E-state index in [1.54, 1.807) is 0 Å². The smallest absolute Gasteiger partial charge is 0.178 e. The molecule has 0 N–H and O–H groups in total. The summed E-state index contributed by atoms with van der Waals surface area (Å²) in [6, 6.07) is 37.4. The van der Waals surface area contributed by atoms with Crippen molar-refractivity contribution in [3.8, 4) is 6.07 Å². The van der Waals surface area contributed by atoms with Gasteiger partial charge in [0.25, 0.3) is 0 Å². The molecule has 5 heterocycles. The number of hydrogen-bond acceptors (Lipinski definition) is 7. The minimum absolute atomic E-state index is 0.0323. The molecule has 0 bridgehead atoms. The van der Waals surface area contributed by atoms with Crippen LogP contribution in [0.3, 0.4) is 0 Å². The first-order chi connectivity index (χ1) is 24.0. The number of aromatic nitrogens is 2. The van der Waals surface area contributed by atoms with Gasteiger partial charge in [-0.15, -0.1) is 0 Å². The number of nitrogens with zero attached hydrogens (tertiary/aromatic N) is 7. The largest absolute Gasteiger partial charge is 0.352 e. The Bertz CT molecular complexity index is 2120. The van der Waals surface area contributed by atoms with Gasteiger partial charge in [-0.2, -0.15) is 5.26 Å². The fourth-order valence-corrected chi connectivity index (χ4v) is 10.2. The second-order valence-electron chi connectivity index (χ2n) is 14.3. The zero-order chi connectivity index (χ0) is 33.5. The molecule has 9 rings (SSSR count). The maximum Gasteiger partial charge on any atom is 0.178 e. The van der Waals surface area contributed by atoms with Gasteiger partial charge in [0.15, 0.2) is 11.6 Å². The van der Waals surface area contributed by atoms with Crippen LogP contribution in [0.2, 0.25) is 0 Å². The van der Waals surface area contributed by atoms with Crippen molar-refractivity contribution < 1.29 is 0 Å². The molecule has 7 heteroatoms. The molecule has 244 valence electrons. The first-order valence-corrected chi connectivity index (χ1v) is 17.6. The average molecular weight is 644 g/mol. The molecule has 4 aliphatic heterocycles. The van der Waals surface area contributed by atoms with Crippen LogP contribution in [0.4, 0.5) is 40.1 Å². The SMILES string of the molecule is CCC1(CC2CC3N(c4ccccc4)c4nccnc4N3c3ccccc32)c2cc(C#N)ccc2N2c3ccccc3N(C)C2C1(C)CC. The second kappa shape index (κ2) is 10.8. The molecule has 0 spiro atoms. The van der Waals surface area contributed by atoms with E-state index in [1.807, 2.05) is 18.5 Å². The summed E-state index contributed by atoms with van der Waals surface area (Å²) in [4.78, 5) is 19.7. The first kappa shape index (κ1) is 29.8. The zero-order valence-electron chi connectivity index (χ0n) is 28.6. The van der Waals surface area contributed by atoms with Crippen molar-refractivity contribution in [1.29, 1.82) is 5.26 Å². The summed E-state index contributed by atoms with van der Waals surface area (Å²) in [6.45, 7) is 7.28. The van der Waals surface area contributed by atoms with Gasteiger partial charge in [-0.05, 0) is 91.3 Å². The lowest BCUT2D eigenvalue weighted by Gasteiger charge is -2.61. The van der Waals surface area contributed by atoms with E-state index in [0.717, 1.165) is 48.6 Å². The molecule has 0 radical (unpaired) electrons. The van der Waals surface area contributed by atoms with E-state index in [1.165, 1.54) is 33.9 Å². The van der Waals surface area contributed by atoms with Gasteiger partial charge < -0.3 is 19.6 Å². The Hall–Kier alpha value is -5.35. The van der Waals surface area contributed by atoms with E-state index in [4.69, 9.17) is 9.97 Å². The maximum atomic E-state index is 10.2. The zero-order valence-corrected chi connectivity index (χ0v) is 28.6. The molecular formula is C42H41N7. The number of hydrogen-bond donors (Lipinski definition) is 0. The number of rotatable bonds is 5. The highest BCUT2D eigenvalue weighted by Gasteiger charge is 2.62. The van der Waals surface area contributed by atoms with Gasteiger partial charge in [0.05, 0.1) is 23.0 Å². The van der Waals surface area contributed by atoms with Gasteiger partial charge in [-0.1, -0.05) is 69.3 Å². The van der Waals surface area contributed by atoms with Crippen LogP contribution in [0, 0.1) is 16.7 Å². The summed E-state index contributed by atoms with van der Waals surface area (Å²) in [5.41, 5.74) is 9.09. The summed E-state index contributed by atoms with van der Waals surface area (Å²) in [5, 5.41) is 10.2. The van der Waals surface area contributed by atoms with E-state index in [0.29, 0.717) is 0 Å². The molecule has 1 aromatic heterocycles. The fraction of sp³-hybridized carbons (Fsp3) is 0.310. The molecule has 0 fully saturated rings. The highest BCUT2D eigenvalue weighted by molar-refractivity contribution is 5.88. The van der Waals surface area contributed by atoms with Crippen LogP contribution in [-0.2, 0) is 5.41 Å². The summed E-state index contributed by atoms with van der Waals surface area (Å²) < 4.78 is 0. The third-order valence-corrected chi connectivity index (χ3v) is 12.5. The number of nitriles is 1. The summed E-state index contributed by atoms with van der Waals surface area (Å²) in [7, 11) is 2.27. The molecule has 0 saturated carbocycles. The topological polar surface area (TPSA) is 62.5 Å². The Morgan fingerprint density at radius 1 is 0.755 bits per heavy atom. The molecule has 4 aromatic carbocycles. The summed E-state index contributed by atoms with van der Waals surface area (Å²) in [5.74, 6) is 2.07. The van der Waals surface area contributed by atoms with Gasteiger partial charge >= 0.3 is 0 Å². The van der Waals surface area contributed by atoms with E-state index < -0.39 is 0 Å². The number of fused-ring (bicyclic) bond motifs is 10. The molecule has 0 saturated heterocycles. The minimum Gasteiger partial charge on any atom is -0.352 e. The van der Waals surface area contributed by atoms with Crippen LogP contribution in [0.25, 0.3) is 0 Å². The molecule has 5 atom stereocenters. The van der Waals surface area contributed by atoms with Crippen LogP contribution in [-0.4, -0.2) is 29.3 Å². The standard InChI is InChI=1S/C42H41N7/c1-5-41(3)40-46(4)35-18-12-13-19-36(35)48(40)34-21-20-28(27-43)24-32(34)42(41,6-2)26-29-25-37-47(30-14-8-7-9-15-30)38-39(45-23-22-44-38)49(37)33-17-11-10-16-31(29)33/h7-24,29,37,40H,5-6,25-26H2,1-4H3. The van der Waals surface area contributed by atoms with Gasteiger partial charge in [-0.3, -0.25) is 0 Å². The Labute approximate surface area is 289 Å². The predicted molar refractivity (Wildman–Crippen MR) is 197 cm³/mol.